The van der Waals surface area contributed by atoms with Crippen molar-refractivity contribution in [1.82, 2.24) is 0 Å². The minimum absolute atomic E-state index is 0.299. The van der Waals surface area contributed by atoms with Gasteiger partial charge in [-0.3, -0.25) is 0 Å². The number of anilines is 1. The predicted molar refractivity (Wildman–Crippen MR) is 80.6 cm³/mol. The monoisotopic (exact) mass is 335 g/mol. The summed E-state index contributed by atoms with van der Waals surface area (Å²) in [5.41, 5.74) is 2.12. The van der Waals surface area contributed by atoms with Gasteiger partial charge in [0.05, 0.1) is 12.8 Å². The quantitative estimate of drug-likeness (QED) is 0.922. The molecule has 104 valence electrons. The van der Waals surface area contributed by atoms with Crippen LogP contribution in [-0.2, 0) is 6.54 Å². The standard InChI is InChI=1S/C15H14BrNO3/c1-18-11-3-4-12(16)13(7-11)17-8-10-2-5-14-15(6-10)20-9-19-14/h2-7,17H,8-9H2,1H3. The van der Waals surface area contributed by atoms with Crippen LogP contribution in [0.25, 0.3) is 0 Å². The number of hydrogen-bond donors (Lipinski definition) is 1. The van der Waals surface area contributed by atoms with E-state index in [2.05, 4.69) is 21.2 Å². The van der Waals surface area contributed by atoms with E-state index in [0.29, 0.717) is 13.3 Å². The Bertz CT molecular complexity index is 631. The smallest absolute Gasteiger partial charge is 0.231 e. The largest absolute Gasteiger partial charge is 0.497 e. The lowest BCUT2D eigenvalue weighted by Gasteiger charge is -2.10. The molecule has 0 fully saturated rings. The molecular weight excluding hydrogens is 322 g/mol. The van der Waals surface area contributed by atoms with Crippen molar-refractivity contribution in [3.05, 3.63) is 46.4 Å². The lowest BCUT2D eigenvalue weighted by molar-refractivity contribution is 0.174. The first kappa shape index (κ1) is 13.1. The molecule has 5 heteroatoms. The van der Waals surface area contributed by atoms with Gasteiger partial charge in [0.25, 0.3) is 0 Å². The molecule has 4 nitrogen and oxygen atoms in total. The molecule has 0 spiro atoms. The molecule has 1 aliphatic rings. The van der Waals surface area contributed by atoms with Crippen molar-refractivity contribution in [1.29, 1.82) is 0 Å². The topological polar surface area (TPSA) is 39.7 Å². The van der Waals surface area contributed by atoms with Gasteiger partial charge in [-0.05, 0) is 45.8 Å². The fourth-order valence-corrected chi connectivity index (χ4v) is 2.40. The molecule has 3 rings (SSSR count). The molecule has 0 aliphatic carbocycles. The zero-order valence-electron chi connectivity index (χ0n) is 11.0. The number of methoxy groups -OCH3 is 1. The summed E-state index contributed by atoms with van der Waals surface area (Å²) in [5, 5.41) is 3.37. The summed E-state index contributed by atoms with van der Waals surface area (Å²) in [5.74, 6) is 2.42. The Hall–Kier alpha value is -1.88. The normalized spacial score (nSPS) is 12.3. The predicted octanol–water partition coefficient (Wildman–Crippen LogP) is 3.80. The fourth-order valence-electron chi connectivity index (χ4n) is 2.02. The van der Waals surface area contributed by atoms with Gasteiger partial charge >= 0.3 is 0 Å². The fraction of sp³-hybridized carbons (Fsp3) is 0.200. The molecule has 0 unspecified atom stereocenters. The Kier molecular flexibility index (Phi) is 3.69. The summed E-state index contributed by atoms with van der Waals surface area (Å²) in [6, 6.07) is 11.8. The Balaban J connectivity index is 1.73. The van der Waals surface area contributed by atoms with Crippen LogP contribution in [0.1, 0.15) is 5.56 Å². The molecule has 2 aromatic carbocycles. The Morgan fingerprint density at radius 2 is 2.00 bits per heavy atom. The van der Waals surface area contributed by atoms with E-state index in [-0.39, 0.29) is 0 Å². The molecule has 0 bridgehead atoms. The molecule has 1 N–H and O–H groups in total. The van der Waals surface area contributed by atoms with Crippen LogP contribution in [0.15, 0.2) is 40.9 Å². The van der Waals surface area contributed by atoms with Crippen molar-refractivity contribution in [3.63, 3.8) is 0 Å². The third kappa shape index (κ3) is 2.67. The molecule has 20 heavy (non-hydrogen) atoms. The van der Waals surface area contributed by atoms with Crippen LogP contribution in [0.3, 0.4) is 0 Å². The second-order valence-corrected chi connectivity index (χ2v) is 5.24. The second kappa shape index (κ2) is 5.63. The maximum Gasteiger partial charge on any atom is 0.231 e. The zero-order chi connectivity index (χ0) is 13.9. The first-order chi connectivity index (χ1) is 9.76. The van der Waals surface area contributed by atoms with Crippen molar-refractivity contribution in [2.24, 2.45) is 0 Å². The molecule has 0 amide bonds. The Morgan fingerprint density at radius 3 is 2.85 bits per heavy atom. The molecule has 0 radical (unpaired) electrons. The van der Waals surface area contributed by atoms with Crippen LogP contribution in [0.4, 0.5) is 5.69 Å². The van der Waals surface area contributed by atoms with Gasteiger partial charge < -0.3 is 19.5 Å². The Labute approximate surface area is 125 Å². The highest BCUT2D eigenvalue weighted by Gasteiger charge is 2.13. The lowest BCUT2D eigenvalue weighted by Crippen LogP contribution is -2.00. The maximum atomic E-state index is 5.37. The number of rotatable bonds is 4. The summed E-state index contributed by atoms with van der Waals surface area (Å²) in [7, 11) is 1.66. The van der Waals surface area contributed by atoms with Gasteiger partial charge in [-0.25, -0.2) is 0 Å². The van der Waals surface area contributed by atoms with Crippen molar-refractivity contribution in [2.75, 3.05) is 19.2 Å². The zero-order valence-corrected chi connectivity index (χ0v) is 12.6. The van der Waals surface area contributed by atoms with Crippen LogP contribution in [0.5, 0.6) is 17.2 Å². The van der Waals surface area contributed by atoms with Gasteiger partial charge in [-0.1, -0.05) is 6.07 Å². The molecule has 1 heterocycles. The van der Waals surface area contributed by atoms with E-state index in [4.69, 9.17) is 14.2 Å². The summed E-state index contributed by atoms with van der Waals surface area (Å²) in [6.07, 6.45) is 0. The van der Waals surface area contributed by atoms with E-state index < -0.39 is 0 Å². The summed E-state index contributed by atoms with van der Waals surface area (Å²) < 4.78 is 16.9. The molecular formula is C15H14BrNO3. The molecule has 0 saturated carbocycles. The van der Waals surface area contributed by atoms with E-state index in [1.54, 1.807) is 7.11 Å². The lowest BCUT2D eigenvalue weighted by atomic mass is 10.2. The van der Waals surface area contributed by atoms with Crippen LogP contribution in [-0.4, -0.2) is 13.9 Å². The Morgan fingerprint density at radius 1 is 1.15 bits per heavy atom. The number of ether oxygens (including phenoxy) is 3. The van der Waals surface area contributed by atoms with E-state index >= 15 is 0 Å². The summed E-state index contributed by atoms with van der Waals surface area (Å²) in [6.45, 7) is 0.996. The first-order valence-corrected chi connectivity index (χ1v) is 7.01. The third-order valence-corrected chi connectivity index (χ3v) is 3.78. The van der Waals surface area contributed by atoms with Gasteiger partial charge in [0.1, 0.15) is 5.75 Å². The van der Waals surface area contributed by atoms with Crippen LogP contribution >= 0.6 is 15.9 Å². The molecule has 1 aliphatic heterocycles. The number of hydrogen-bond acceptors (Lipinski definition) is 4. The van der Waals surface area contributed by atoms with Gasteiger partial charge in [0, 0.05) is 17.1 Å². The van der Waals surface area contributed by atoms with Crippen LogP contribution in [0, 0.1) is 0 Å². The van der Waals surface area contributed by atoms with Gasteiger partial charge in [-0.15, -0.1) is 0 Å². The number of halogens is 1. The van der Waals surface area contributed by atoms with E-state index in [1.165, 1.54) is 0 Å². The van der Waals surface area contributed by atoms with Crippen LogP contribution < -0.4 is 19.5 Å². The summed E-state index contributed by atoms with van der Waals surface area (Å²) in [4.78, 5) is 0. The van der Waals surface area contributed by atoms with Crippen molar-refractivity contribution >= 4 is 21.6 Å². The highest BCUT2D eigenvalue weighted by atomic mass is 79.9. The van der Waals surface area contributed by atoms with E-state index in [0.717, 1.165) is 33.0 Å². The minimum Gasteiger partial charge on any atom is -0.497 e. The van der Waals surface area contributed by atoms with E-state index in [1.807, 2.05) is 36.4 Å². The van der Waals surface area contributed by atoms with E-state index in [9.17, 15) is 0 Å². The van der Waals surface area contributed by atoms with Crippen molar-refractivity contribution in [3.8, 4) is 17.2 Å². The first-order valence-electron chi connectivity index (χ1n) is 6.22. The molecule has 0 aromatic heterocycles. The number of benzene rings is 2. The van der Waals surface area contributed by atoms with Crippen molar-refractivity contribution < 1.29 is 14.2 Å². The molecule has 0 saturated heterocycles. The van der Waals surface area contributed by atoms with Gasteiger partial charge in [0.15, 0.2) is 11.5 Å². The van der Waals surface area contributed by atoms with Gasteiger partial charge in [-0.2, -0.15) is 0 Å². The molecule has 2 aromatic rings. The average Bonchev–Trinajstić information content (AvgIpc) is 2.94. The highest BCUT2D eigenvalue weighted by molar-refractivity contribution is 9.10. The minimum atomic E-state index is 0.299. The van der Waals surface area contributed by atoms with Crippen molar-refractivity contribution in [2.45, 2.75) is 6.54 Å². The third-order valence-electron chi connectivity index (χ3n) is 3.09. The molecule has 0 atom stereocenters. The maximum absolute atomic E-state index is 5.37. The highest BCUT2D eigenvalue weighted by Crippen LogP contribution is 2.33. The SMILES string of the molecule is COc1ccc(Br)c(NCc2ccc3c(c2)OCO3)c1. The second-order valence-electron chi connectivity index (χ2n) is 4.39. The number of nitrogens with one attached hydrogen (secondary N) is 1. The van der Waals surface area contributed by atoms with Gasteiger partial charge in [0.2, 0.25) is 6.79 Å². The van der Waals surface area contributed by atoms with Crippen LogP contribution in [0.2, 0.25) is 0 Å². The summed E-state index contributed by atoms with van der Waals surface area (Å²) >= 11 is 3.52. The number of fused-ring (bicyclic) bond motifs is 1. The average molecular weight is 336 g/mol.